The zero-order chi connectivity index (χ0) is 29.7. The zero-order valence-corrected chi connectivity index (χ0v) is 25.9. The fraction of sp³-hybridized carbons (Fsp3) is 0.469. The Morgan fingerprint density at radius 1 is 1.12 bits per heavy atom. The SMILES string of the molecule is CCC1CC2CC(C)CC(C2)C1N(C)C(=O)/C(=C/c1oc(-c2cc(OC)cc(OC)c2)cc1/C=C/C(=O)O)SC=S. The minimum atomic E-state index is -1.09. The maximum atomic E-state index is 14.0. The number of ether oxygens (including phenoxy) is 2. The Kier molecular flexibility index (Phi) is 10.4. The largest absolute Gasteiger partial charge is 0.497 e. The summed E-state index contributed by atoms with van der Waals surface area (Å²) in [7, 11) is 5.04. The molecule has 41 heavy (non-hydrogen) atoms. The van der Waals surface area contributed by atoms with Crippen LogP contribution >= 0.6 is 24.0 Å². The fourth-order valence-corrected chi connectivity index (χ4v) is 7.64. The van der Waals surface area contributed by atoms with Crippen molar-refractivity contribution < 1.29 is 28.6 Å². The van der Waals surface area contributed by atoms with Crippen molar-refractivity contribution in [3.63, 3.8) is 0 Å². The Morgan fingerprint density at radius 3 is 2.44 bits per heavy atom. The molecule has 220 valence electrons. The van der Waals surface area contributed by atoms with E-state index >= 15 is 0 Å². The first-order valence-corrected chi connectivity index (χ1v) is 15.4. The first-order chi connectivity index (χ1) is 19.7. The van der Waals surface area contributed by atoms with Crippen LogP contribution in [0, 0.1) is 23.7 Å². The van der Waals surface area contributed by atoms with E-state index in [1.54, 1.807) is 44.6 Å². The van der Waals surface area contributed by atoms with Gasteiger partial charge in [-0.1, -0.05) is 44.2 Å². The Bertz CT molecular complexity index is 1310. The van der Waals surface area contributed by atoms with E-state index in [0.29, 0.717) is 56.8 Å². The number of furan rings is 1. The number of methoxy groups -OCH3 is 2. The molecule has 1 aromatic heterocycles. The van der Waals surface area contributed by atoms with Crippen molar-refractivity contribution in [3.05, 3.63) is 46.6 Å². The highest BCUT2D eigenvalue weighted by molar-refractivity contribution is 8.24. The first-order valence-electron chi connectivity index (χ1n) is 14.0. The van der Waals surface area contributed by atoms with Crippen molar-refractivity contribution in [2.75, 3.05) is 21.3 Å². The average molecular weight is 598 g/mol. The second-order valence-corrected chi connectivity index (χ2v) is 12.6. The number of thiocarbonyl (C=S) groups is 1. The van der Waals surface area contributed by atoms with Gasteiger partial charge >= 0.3 is 5.97 Å². The lowest BCUT2D eigenvalue weighted by Gasteiger charge is -2.50. The Hall–Kier alpha value is -3.04. The van der Waals surface area contributed by atoms with Crippen molar-refractivity contribution in [1.82, 2.24) is 4.90 Å². The molecule has 4 rings (SSSR count). The van der Waals surface area contributed by atoms with Gasteiger partial charge in [0.05, 0.1) is 19.1 Å². The number of nitrogens with zero attached hydrogens (tertiary/aromatic N) is 1. The molecule has 0 saturated heterocycles. The van der Waals surface area contributed by atoms with E-state index in [1.807, 2.05) is 11.9 Å². The third-order valence-electron chi connectivity index (χ3n) is 8.45. The summed E-state index contributed by atoms with van der Waals surface area (Å²) >= 11 is 6.34. The molecule has 1 N–H and O–H groups in total. The molecule has 2 aliphatic rings. The minimum absolute atomic E-state index is 0.106. The zero-order valence-electron chi connectivity index (χ0n) is 24.3. The monoisotopic (exact) mass is 597 g/mol. The second kappa shape index (κ2) is 13.7. The van der Waals surface area contributed by atoms with Crippen LogP contribution in [-0.2, 0) is 9.59 Å². The van der Waals surface area contributed by atoms with Crippen LogP contribution in [0.25, 0.3) is 23.5 Å². The van der Waals surface area contributed by atoms with Crippen LogP contribution in [-0.4, -0.2) is 53.9 Å². The number of benzene rings is 1. The highest BCUT2D eigenvalue weighted by Crippen LogP contribution is 2.48. The molecule has 0 spiro atoms. The molecule has 1 heterocycles. The van der Waals surface area contributed by atoms with Crippen LogP contribution in [0.1, 0.15) is 57.3 Å². The summed E-state index contributed by atoms with van der Waals surface area (Å²) in [6.45, 7) is 4.55. The van der Waals surface area contributed by atoms with E-state index in [4.69, 9.17) is 26.1 Å². The van der Waals surface area contributed by atoms with E-state index in [-0.39, 0.29) is 11.9 Å². The Balaban J connectivity index is 1.73. The van der Waals surface area contributed by atoms with Crippen LogP contribution in [0.2, 0.25) is 0 Å². The van der Waals surface area contributed by atoms with Gasteiger partial charge in [0.1, 0.15) is 23.0 Å². The number of aliphatic carboxylic acids is 1. The predicted molar refractivity (Wildman–Crippen MR) is 168 cm³/mol. The summed E-state index contributed by atoms with van der Waals surface area (Å²) < 4.78 is 18.5. The molecular weight excluding hydrogens is 558 g/mol. The molecular formula is C32H39NO6S2. The van der Waals surface area contributed by atoms with Crippen LogP contribution < -0.4 is 9.47 Å². The number of thioether (sulfide) groups is 1. The lowest BCUT2D eigenvalue weighted by atomic mass is 9.61. The van der Waals surface area contributed by atoms with Gasteiger partial charge in [0, 0.05) is 47.1 Å². The second-order valence-electron chi connectivity index (χ2n) is 11.2. The van der Waals surface area contributed by atoms with Crippen molar-refractivity contribution in [2.45, 2.75) is 52.0 Å². The molecule has 1 amide bonds. The summed E-state index contributed by atoms with van der Waals surface area (Å²) in [5.41, 5.74) is 1.21. The fourth-order valence-electron chi connectivity index (χ4n) is 6.81. The molecule has 0 radical (unpaired) electrons. The molecule has 1 aromatic carbocycles. The van der Waals surface area contributed by atoms with E-state index in [9.17, 15) is 14.7 Å². The van der Waals surface area contributed by atoms with E-state index < -0.39 is 5.97 Å². The number of likely N-dealkylation sites (N-methyl/N-ethyl adjacent to an activating group) is 1. The third kappa shape index (κ3) is 7.25. The summed E-state index contributed by atoms with van der Waals surface area (Å²) in [6.07, 6.45) is 9.99. The average Bonchev–Trinajstić information content (AvgIpc) is 3.36. The molecule has 0 aliphatic heterocycles. The molecule has 5 atom stereocenters. The number of carbonyl (C=O) groups is 2. The van der Waals surface area contributed by atoms with Gasteiger partial charge in [-0.3, -0.25) is 4.79 Å². The number of carboxylic acids is 1. The van der Waals surface area contributed by atoms with Gasteiger partial charge in [-0.05, 0) is 73.6 Å². The molecule has 2 aliphatic carbocycles. The number of carbonyl (C=O) groups excluding carboxylic acids is 1. The topological polar surface area (TPSA) is 89.2 Å². The lowest BCUT2D eigenvalue weighted by Crippen LogP contribution is -2.52. The van der Waals surface area contributed by atoms with Crippen molar-refractivity contribution in [3.8, 4) is 22.8 Å². The minimum Gasteiger partial charge on any atom is -0.497 e. The van der Waals surface area contributed by atoms with Crippen LogP contribution in [0.5, 0.6) is 11.5 Å². The smallest absolute Gasteiger partial charge is 0.328 e. The summed E-state index contributed by atoms with van der Waals surface area (Å²) in [5, 5.41) is 9.29. The van der Waals surface area contributed by atoms with Gasteiger partial charge in [0.2, 0.25) is 0 Å². The molecule has 9 heteroatoms. The number of fused-ring (bicyclic) bond motifs is 2. The summed E-state index contributed by atoms with van der Waals surface area (Å²) in [6, 6.07) is 7.27. The molecule has 2 aromatic rings. The third-order valence-corrected chi connectivity index (χ3v) is 9.38. The maximum absolute atomic E-state index is 14.0. The standard InChI is InChI=1S/C32H39NO6S2/c1-6-21-11-20-9-19(2)10-24(12-20)31(21)33(3)32(36)29(41-18-40)17-28-22(7-8-30(34)35)15-27(39-28)23-13-25(37-4)16-26(14-23)38-5/h7-8,13-21,24,31H,6,9-12H2,1-5H3,(H,34,35)/b8-7+,29-17-. The lowest BCUT2D eigenvalue weighted by molar-refractivity contribution is -0.132. The highest BCUT2D eigenvalue weighted by Gasteiger charge is 2.44. The Morgan fingerprint density at radius 2 is 1.83 bits per heavy atom. The van der Waals surface area contributed by atoms with E-state index in [2.05, 4.69) is 13.8 Å². The van der Waals surface area contributed by atoms with Crippen molar-refractivity contribution >= 4 is 52.7 Å². The molecule has 2 saturated carbocycles. The summed E-state index contributed by atoms with van der Waals surface area (Å²) in [5.74, 6) is 3.20. The first kappa shape index (κ1) is 30.9. The summed E-state index contributed by atoms with van der Waals surface area (Å²) in [4.78, 5) is 27.7. The van der Waals surface area contributed by atoms with Gasteiger partial charge in [-0.2, -0.15) is 0 Å². The van der Waals surface area contributed by atoms with Gasteiger partial charge in [0.15, 0.2) is 0 Å². The van der Waals surface area contributed by atoms with E-state index in [1.165, 1.54) is 35.4 Å². The van der Waals surface area contributed by atoms with Crippen LogP contribution in [0.4, 0.5) is 0 Å². The molecule has 2 fully saturated rings. The Labute approximate surface area is 252 Å². The number of hydrogen-bond donors (Lipinski definition) is 1. The molecule has 2 bridgehead atoms. The molecule has 7 nitrogen and oxygen atoms in total. The predicted octanol–water partition coefficient (Wildman–Crippen LogP) is 7.40. The van der Waals surface area contributed by atoms with Gasteiger partial charge in [-0.15, -0.1) is 0 Å². The number of amides is 1. The number of hydrogen-bond acceptors (Lipinski definition) is 7. The van der Waals surface area contributed by atoms with Gasteiger partial charge in [-0.25, -0.2) is 4.79 Å². The maximum Gasteiger partial charge on any atom is 0.328 e. The van der Waals surface area contributed by atoms with Gasteiger partial charge < -0.3 is 23.9 Å². The van der Waals surface area contributed by atoms with E-state index in [0.717, 1.165) is 31.3 Å². The highest BCUT2D eigenvalue weighted by atomic mass is 32.2. The normalized spacial score (nSPS) is 24.2. The van der Waals surface area contributed by atoms with Gasteiger partial charge in [0.25, 0.3) is 5.91 Å². The quantitative estimate of drug-likeness (QED) is 0.212. The van der Waals surface area contributed by atoms with Crippen LogP contribution in [0.15, 0.2) is 39.7 Å². The number of carboxylic acid groups (broad SMARTS) is 1. The molecule has 5 unspecified atom stereocenters. The van der Waals surface area contributed by atoms with Crippen LogP contribution in [0.3, 0.4) is 0 Å². The van der Waals surface area contributed by atoms with Crippen molar-refractivity contribution in [2.24, 2.45) is 23.7 Å². The van der Waals surface area contributed by atoms with Crippen molar-refractivity contribution in [1.29, 1.82) is 0 Å². The number of rotatable bonds is 11.